The SMILES string of the molecule is c1ccc(-c2ccc(N(c3ccccc3)c3ccc(-c4c5ccccc5cc5ccccc45)c(-c4ccccc4)c3)cc2)cc1. The van der Waals surface area contributed by atoms with Gasteiger partial charge in [0.25, 0.3) is 0 Å². The Balaban J connectivity index is 1.35. The molecule has 0 radical (unpaired) electrons. The summed E-state index contributed by atoms with van der Waals surface area (Å²) in [4.78, 5) is 2.35. The molecule has 0 aliphatic carbocycles. The Morgan fingerprint density at radius 2 is 0.756 bits per heavy atom. The van der Waals surface area contributed by atoms with Crippen molar-refractivity contribution in [2.45, 2.75) is 0 Å². The molecule has 0 fully saturated rings. The lowest BCUT2D eigenvalue weighted by molar-refractivity contribution is 1.28. The minimum Gasteiger partial charge on any atom is -0.310 e. The molecule has 0 aliphatic heterocycles. The number of fused-ring (bicyclic) bond motifs is 2. The van der Waals surface area contributed by atoms with E-state index in [0.717, 1.165) is 17.1 Å². The second-order valence-corrected chi connectivity index (χ2v) is 11.4. The standard InChI is InChI=1S/C44H31N/c1-4-14-32(15-5-1)33-24-26-38(27-25-33)45(37-20-8-3-9-21-37)39-28-29-42(43(31-39)34-16-6-2-7-17-34)44-40-22-12-10-18-35(40)30-36-19-11-13-23-41(36)44/h1-31H. The van der Waals surface area contributed by atoms with Gasteiger partial charge in [-0.15, -0.1) is 0 Å². The Morgan fingerprint density at radius 1 is 0.289 bits per heavy atom. The van der Waals surface area contributed by atoms with Crippen LogP contribution < -0.4 is 4.90 Å². The molecule has 45 heavy (non-hydrogen) atoms. The molecule has 8 aromatic rings. The number of benzene rings is 8. The van der Waals surface area contributed by atoms with Gasteiger partial charge in [0.05, 0.1) is 0 Å². The van der Waals surface area contributed by atoms with Gasteiger partial charge in [-0.2, -0.15) is 0 Å². The molecule has 0 saturated carbocycles. The van der Waals surface area contributed by atoms with Crippen molar-refractivity contribution in [3.8, 4) is 33.4 Å². The summed E-state index contributed by atoms with van der Waals surface area (Å²) < 4.78 is 0. The largest absolute Gasteiger partial charge is 0.310 e. The fourth-order valence-corrected chi connectivity index (χ4v) is 6.51. The van der Waals surface area contributed by atoms with Crippen molar-refractivity contribution >= 4 is 38.6 Å². The maximum Gasteiger partial charge on any atom is 0.0468 e. The van der Waals surface area contributed by atoms with Gasteiger partial charge in [-0.05, 0) is 97.4 Å². The van der Waals surface area contributed by atoms with Crippen LogP contribution in [0.15, 0.2) is 188 Å². The molecule has 8 aromatic carbocycles. The van der Waals surface area contributed by atoms with Crippen molar-refractivity contribution in [2.24, 2.45) is 0 Å². The maximum atomic E-state index is 2.36. The zero-order valence-corrected chi connectivity index (χ0v) is 24.8. The second kappa shape index (κ2) is 11.6. The Labute approximate surface area is 264 Å². The van der Waals surface area contributed by atoms with Crippen LogP contribution in [-0.2, 0) is 0 Å². The van der Waals surface area contributed by atoms with Crippen molar-refractivity contribution in [2.75, 3.05) is 4.90 Å². The highest BCUT2D eigenvalue weighted by Crippen LogP contribution is 2.44. The Hall–Kier alpha value is -5.92. The van der Waals surface area contributed by atoms with Crippen molar-refractivity contribution in [3.05, 3.63) is 188 Å². The summed E-state index contributed by atoms with van der Waals surface area (Å²) in [6, 6.07) is 67.6. The zero-order valence-electron chi connectivity index (χ0n) is 24.8. The highest BCUT2D eigenvalue weighted by atomic mass is 15.1. The van der Waals surface area contributed by atoms with E-state index in [0.29, 0.717) is 0 Å². The molecule has 0 bridgehead atoms. The molecule has 0 spiro atoms. The van der Waals surface area contributed by atoms with Gasteiger partial charge in [-0.25, -0.2) is 0 Å². The fourth-order valence-electron chi connectivity index (χ4n) is 6.51. The van der Waals surface area contributed by atoms with Crippen LogP contribution in [0.25, 0.3) is 54.9 Å². The van der Waals surface area contributed by atoms with Crippen molar-refractivity contribution in [1.29, 1.82) is 0 Å². The van der Waals surface area contributed by atoms with Crippen molar-refractivity contribution < 1.29 is 0 Å². The molecular weight excluding hydrogens is 542 g/mol. The van der Waals surface area contributed by atoms with Gasteiger partial charge in [0.1, 0.15) is 0 Å². The van der Waals surface area contributed by atoms with Crippen LogP contribution in [-0.4, -0.2) is 0 Å². The zero-order chi connectivity index (χ0) is 30.0. The first-order valence-electron chi connectivity index (χ1n) is 15.4. The monoisotopic (exact) mass is 573 g/mol. The summed E-state index contributed by atoms with van der Waals surface area (Å²) in [5, 5.41) is 5.02. The first-order chi connectivity index (χ1) is 22.3. The number of rotatable bonds is 6. The molecule has 0 atom stereocenters. The van der Waals surface area contributed by atoms with Crippen LogP contribution in [0.5, 0.6) is 0 Å². The molecule has 0 amide bonds. The van der Waals surface area contributed by atoms with E-state index in [2.05, 4.69) is 193 Å². The van der Waals surface area contributed by atoms with E-state index in [9.17, 15) is 0 Å². The summed E-state index contributed by atoms with van der Waals surface area (Å²) in [7, 11) is 0. The third-order valence-electron chi connectivity index (χ3n) is 8.63. The molecule has 0 N–H and O–H groups in total. The highest BCUT2D eigenvalue weighted by molar-refractivity contribution is 6.14. The van der Waals surface area contributed by atoms with Gasteiger partial charge in [0.2, 0.25) is 0 Å². The van der Waals surface area contributed by atoms with E-state index in [1.165, 1.54) is 54.9 Å². The van der Waals surface area contributed by atoms with Crippen LogP contribution in [0.1, 0.15) is 0 Å². The topological polar surface area (TPSA) is 3.24 Å². The minimum atomic E-state index is 1.11. The van der Waals surface area contributed by atoms with E-state index in [4.69, 9.17) is 0 Å². The van der Waals surface area contributed by atoms with Crippen LogP contribution >= 0.6 is 0 Å². The van der Waals surface area contributed by atoms with Crippen LogP contribution in [0.4, 0.5) is 17.1 Å². The normalized spacial score (nSPS) is 11.1. The Kier molecular flexibility index (Phi) is 6.90. The summed E-state index contributed by atoms with van der Waals surface area (Å²) in [5.74, 6) is 0. The van der Waals surface area contributed by atoms with E-state index >= 15 is 0 Å². The van der Waals surface area contributed by atoms with Crippen LogP contribution in [0, 0.1) is 0 Å². The maximum absolute atomic E-state index is 2.36. The Bertz CT molecular complexity index is 2180. The van der Waals surface area contributed by atoms with Gasteiger partial charge in [-0.1, -0.05) is 146 Å². The first-order valence-corrected chi connectivity index (χ1v) is 15.4. The predicted octanol–water partition coefficient (Wildman–Crippen LogP) is 12.5. The summed E-state index contributed by atoms with van der Waals surface area (Å²) >= 11 is 0. The van der Waals surface area contributed by atoms with Crippen LogP contribution in [0.2, 0.25) is 0 Å². The smallest absolute Gasteiger partial charge is 0.0468 e. The van der Waals surface area contributed by atoms with E-state index in [1.807, 2.05) is 0 Å². The highest BCUT2D eigenvalue weighted by Gasteiger charge is 2.19. The summed E-state index contributed by atoms with van der Waals surface area (Å²) in [6.07, 6.45) is 0. The quantitative estimate of drug-likeness (QED) is 0.179. The average molecular weight is 574 g/mol. The lowest BCUT2D eigenvalue weighted by Crippen LogP contribution is -2.10. The van der Waals surface area contributed by atoms with E-state index in [1.54, 1.807) is 0 Å². The fraction of sp³-hybridized carbons (Fsp3) is 0. The molecule has 0 heterocycles. The minimum absolute atomic E-state index is 1.11. The predicted molar refractivity (Wildman–Crippen MR) is 192 cm³/mol. The van der Waals surface area contributed by atoms with Gasteiger partial charge in [0, 0.05) is 17.1 Å². The molecule has 0 aromatic heterocycles. The molecule has 0 saturated heterocycles. The Morgan fingerprint density at radius 3 is 1.38 bits per heavy atom. The molecule has 0 aliphatic rings. The first kappa shape index (κ1) is 26.7. The average Bonchev–Trinajstić information content (AvgIpc) is 3.12. The number of hydrogen-bond donors (Lipinski definition) is 0. The van der Waals surface area contributed by atoms with Gasteiger partial charge in [0.15, 0.2) is 0 Å². The number of nitrogens with zero attached hydrogens (tertiary/aromatic N) is 1. The second-order valence-electron chi connectivity index (χ2n) is 11.4. The summed E-state index contributed by atoms with van der Waals surface area (Å²) in [5.41, 5.74) is 10.7. The lowest BCUT2D eigenvalue weighted by atomic mass is 9.87. The van der Waals surface area contributed by atoms with Gasteiger partial charge < -0.3 is 4.90 Å². The third-order valence-corrected chi connectivity index (χ3v) is 8.63. The van der Waals surface area contributed by atoms with Gasteiger partial charge >= 0.3 is 0 Å². The van der Waals surface area contributed by atoms with E-state index in [-0.39, 0.29) is 0 Å². The van der Waals surface area contributed by atoms with Crippen molar-refractivity contribution in [1.82, 2.24) is 0 Å². The number of para-hydroxylation sites is 1. The van der Waals surface area contributed by atoms with Crippen molar-refractivity contribution in [3.63, 3.8) is 0 Å². The molecular formula is C44H31N. The van der Waals surface area contributed by atoms with Crippen LogP contribution in [0.3, 0.4) is 0 Å². The third kappa shape index (κ3) is 5.05. The molecule has 1 nitrogen and oxygen atoms in total. The molecule has 212 valence electrons. The van der Waals surface area contributed by atoms with Gasteiger partial charge in [-0.3, -0.25) is 0 Å². The molecule has 1 heteroatoms. The summed E-state index contributed by atoms with van der Waals surface area (Å²) in [6.45, 7) is 0. The van der Waals surface area contributed by atoms with E-state index < -0.39 is 0 Å². The number of anilines is 3. The lowest BCUT2D eigenvalue weighted by Gasteiger charge is -2.27. The molecule has 8 rings (SSSR count). The number of hydrogen-bond acceptors (Lipinski definition) is 1. The molecule has 0 unspecified atom stereocenters.